The van der Waals surface area contributed by atoms with Gasteiger partial charge in [0.25, 0.3) is 0 Å². The first kappa shape index (κ1) is 16.8. The highest BCUT2D eigenvalue weighted by Gasteiger charge is 2.56. The van der Waals surface area contributed by atoms with Gasteiger partial charge in [0.05, 0.1) is 12.5 Å². The number of hydrogen-bond donors (Lipinski definition) is 0. The summed E-state index contributed by atoms with van der Waals surface area (Å²) in [6.07, 6.45) is 10.5. The fraction of sp³-hybridized carbons (Fsp3) is 0.762. The minimum absolute atomic E-state index is 0.00620. The average Bonchev–Trinajstić information content (AvgIpc) is 2.53. The zero-order valence-corrected chi connectivity index (χ0v) is 15.5. The lowest BCUT2D eigenvalue weighted by atomic mass is 9.48. The van der Waals surface area contributed by atoms with E-state index < -0.39 is 0 Å². The normalized spacial score (nSPS) is 37.1. The number of esters is 1. The molecule has 2 heteroatoms. The van der Waals surface area contributed by atoms with Crippen molar-refractivity contribution >= 4 is 5.97 Å². The van der Waals surface area contributed by atoms with Crippen LogP contribution in [0.3, 0.4) is 0 Å². The van der Waals surface area contributed by atoms with E-state index in [1.807, 2.05) is 0 Å². The van der Waals surface area contributed by atoms with Crippen LogP contribution in [-0.2, 0) is 9.53 Å². The maximum atomic E-state index is 12.5. The van der Waals surface area contributed by atoms with E-state index in [1.165, 1.54) is 19.3 Å². The van der Waals surface area contributed by atoms with Crippen LogP contribution in [0.2, 0.25) is 0 Å². The van der Waals surface area contributed by atoms with Crippen molar-refractivity contribution in [2.75, 3.05) is 7.11 Å². The Morgan fingerprint density at radius 2 is 1.96 bits per heavy atom. The van der Waals surface area contributed by atoms with E-state index in [4.69, 9.17) is 4.74 Å². The molecule has 1 saturated carbocycles. The summed E-state index contributed by atoms with van der Waals surface area (Å²) in [6, 6.07) is 0. The van der Waals surface area contributed by atoms with Crippen molar-refractivity contribution in [1.29, 1.82) is 0 Å². The zero-order chi connectivity index (χ0) is 16.8. The predicted molar refractivity (Wildman–Crippen MR) is 94.0 cm³/mol. The highest BCUT2D eigenvalue weighted by molar-refractivity contribution is 5.77. The standard InChI is InChI=1S/C21H32O2/c1-14(2)15-7-9-17-16(13-15)8-10-18-20(17,3)11-6-12-21(18,4)19(22)23-5/h13-14,18H,6-12H2,1-5H3/t18-,20-,21-/m1/s1. The Balaban J connectivity index is 2.01. The minimum atomic E-state index is -0.303. The van der Waals surface area contributed by atoms with Crippen LogP contribution >= 0.6 is 0 Å². The van der Waals surface area contributed by atoms with Crippen molar-refractivity contribution in [1.82, 2.24) is 0 Å². The topological polar surface area (TPSA) is 26.3 Å². The highest BCUT2D eigenvalue weighted by atomic mass is 16.5. The molecule has 0 radical (unpaired) electrons. The first-order valence-corrected chi connectivity index (χ1v) is 9.34. The van der Waals surface area contributed by atoms with Crippen molar-refractivity contribution in [2.24, 2.45) is 22.7 Å². The van der Waals surface area contributed by atoms with Crippen LogP contribution in [0.5, 0.6) is 0 Å². The molecule has 3 aliphatic rings. The first-order chi connectivity index (χ1) is 10.8. The quantitative estimate of drug-likeness (QED) is 0.634. The SMILES string of the molecule is COC(=O)[C@]1(C)CCC[C@]2(C)C3=C(C=C(C(C)C)CC3)CC[C@@H]12. The van der Waals surface area contributed by atoms with E-state index in [2.05, 4.69) is 33.8 Å². The molecule has 0 aliphatic heterocycles. The number of carbonyl (C=O) groups excluding carboxylic acids is 1. The lowest BCUT2D eigenvalue weighted by molar-refractivity contribution is -0.163. The smallest absolute Gasteiger partial charge is 0.311 e. The maximum Gasteiger partial charge on any atom is 0.311 e. The van der Waals surface area contributed by atoms with Gasteiger partial charge in [0.15, 0.2) is 0 Å². The van der Waals surface area contributed by atoms with Crippen LogP contribution < -0.4 is 0 Å². The molecule has 3 aliphatic carbocycles. The molecule has 0 unspecified atom stereocenters. The lowest BCUT2D eigenvalue weighted by Crippen LogP contribution is -2.51. The molecule has 0 aromatic rings. The predicted octanol–water partition coefficient (Wildman–Crippen LogP) is 5.44. The fourth-order valence-corrected chi connectivity index (χ4v) is 5.79. The Morgan fingerprint density at radius 3 is 2.61 bits per heavy atom. The van der Waals surface area contributed by atoms with Gasteiger partial charge in [-0.3, -0.25) is 4.79 Å². The molecule has 0 heterocycles. The summed E-state index contributed by atoms with van der Waals surface area (Å²) in [6.45, 7) is 9.20. The van der Waals surface area contributed by atoms with Crippen molar-refractivity contribution in [3.8, 4) is 0 Å². The van der Waals surface area contributed by atoms with Crippen molar-refractivity contribution in [2.45, 2.75) is 72.6 Å². The highest BCUT2D eigenvalue weighted by Crippen LogP contribution is 2.61. The number of hydrogen-bond acceptors (Lipinski definition) is 2. The molecule has 1 fully saturated rings. The van der Waals surface area contributed by atoms with Gasteiger partial charge >= 0.3 is 5.97 Å². The van der Waals surface area contributed by atoms with E-state index in [0.29, 0.717) is 11.8 Å². The summed E-state index contributed by atoms with van der Waals surface area (Å²) in [5.41, 5.74) is 4.74. The lowest BCUT2D eigenvalue weighted by Gasteiger charge is -2.55. The van der Waals surface area contributed by atoms with Crippen molar-refractivity contribution in [3.63, 3.8) is 0 Å². The third kappa shape index (κ3) is 2.49. The second-order valence-corrected chi connectivity index (χ2v) is 8.65. The van der Waals surface area contributed by atoms with Gasteiger partial charge < -0.3 is 4.74 Å². The Kier molecular flexibility index (Phi) is 4.23. The van der Waals surface area contributed by atoms with E-state index >= 15 is 0 Å². The molecule has 0 aromatic carbocycles. The first-order valence-electron chi connectivity index (χ1n) is 9.34. The number of carbonyl (C=O) groups is 1. The fourth-order valence-electron chi connectivity index (χ4n) is 5.79. The summed E-state index contributed by atoms with van der Waals surface area (Å²) in [7, 11) is 1.55. The van der Waals surface area contributed by atoms with E-state index in [1.54, 1.807) is 23.8 Å². The van der Waals surface area contributed by atoms with E-state index in [9.17, 15) is 4.79 Å². The van der Waals surface area contributed by atoms with Crippen LogP contribution in [0, 0.1) is 22.7 Å². The molecule has 128 valence electrons. The van der Waals surface area contributed by atoms with Gasteiger partial charge in [-0.1, -0.05) is 44.4 Å². The molecule has 0 spiro atoms. The van der Waals surface area contributed by atoms with Crippen LogP contribution in [0.25, 0.3) is 0 Å². The second-order valence-electron chi connectivity index (χ2n) is 8.65. The molecule has 2 nitrogen and oxygen atoms in total. The molecular weight excluding hydrogens is 284 g/mol. The van der Waals surface area contributed by atoms with Crippen LogP contribution in [0.1, 0.15) is 72.6 Å². The molecule has 0 N–H and O–H groups in total. The molecule has 0 aromatic heterocycles. The van der Waals surface area contributed by atoms with Crippen molar-refractivity contribution in [3.05, 3.63) is 22.8 Å². The average molecular weight is 316 g/mol. The molecule has 0 amide bonds. The Labute approximate surface area is 141 Å². The summed E-state index contributed by atoms with van der Waals surface area (Å²) < 4.78 is 5.20. The van der Waals surface area contributed by atoms with Gasteiger partial charge in [0.1, 0.15) is 0 Å². The van der Waals surface area contributed by atoms with Gasteiger partial charge in [0, 0.05) is 0 Å². The number of rotatable bonds is 2. The molecular formula is C21H32O2. The minimum Gasteiger partial charge on any atom is -0.469 e. The van der Waals surface area contributed by atoms with Crippen LogP contribution in [0.4, 0.5) is 0 Å². The monoisotopic (exact) mass is 316 g/mol. The summed E-state index contributed by atoms with van der Waals surface area (Å²) in [5, 5.41) is 0. The Morgan fingerprint density at radius 1 is 1.22 bits per heavy atom. The molecule has 0 saturated heterocycles. The number of allylic oxidation sites excluding steroid dienone is 4. The largest absolute Gasteiger partial charge is 0.469 e. The molecule has 3 atom stereocenters. The summed E-state index contributed by atoms with van der Waals surface area (Å²) in [4.78, 5) is 12.5. The zero-order valence-electron chi connectivity index (χ0n) is 15.5. The van der Waals surface area contributed by atoms with Gasteiger partial charge in [-0.15, -0.1) is 0 Å². The Bertz CT molecular complexity index is 568. The van der Waals surface area contributed by atoms with E-state index in [-0.39, 0.29) is 16.8 Å². The van der Waals surface area contributed by atoms with Crippen LogP contribution in [0.15, 0.2) is 22.8 Å². The van der Waals surface area contributed by atoms with Crippen molar-refractivity contribution < 1.29 is 9.53 Å². The van der Waals surface area contributed by atoms with Gasteiger partial charge in [-0.05, 0) is 68.3 Å². The Hall–Kier alpha value is -1.05. The number of fused-ring (bicyclic) bond motifs is 2. The summed E-state index contributed by atoms with van der Waals surface area (Å²) >= 11 is 0. The van der Waals surface area contributed by atoms with Crippen LogP contribution in [-0.4, -0.2) is 13.1 Å². The molecule has 3 rings (SSSR count). The van der Waals surface area contributed by atoms with Gasteiger partial charge in [-0.25, -0.2) is 0 Å². The third-order valence-electron chi connectivity index (χ3n) is 7.13. The molecule has 0 bridgehead atoms. The number of ether oxygens (including phenoxy) is 1. The van der Waals surface area contributed by atoms with Gasteiger partial charge in [-0.2, -0.15) is 0 Å². The van der Waals surface area contributed by atoms with E-state index in [0.717, 1.165) is 25.7 Å². The van der Waals surface area contributed by atoms with Gasteiger partial charge in [0.2, 0.25) is 0 Å². The second kappa shape index (κ2) is 5.79. The summed E-state index contributed by atoms with van der Waals surface area (Å²) in [5.74, 6) is 1.09. The maximum absolute atomic E-state index is 12.5. The third-order valence-corrected chi connectivity index (χ3v) is 7.13. The number of methoxy groups -OCH3 is 1. The molecule has 23 heavy (non-hydrogen) atoms.